The highest BCUT2D eigenvalue weighted by Gasteiger charge is 2.16. The van der Waals surface area contributed by atoms with Gasteiger partial charge in [0.05, 0.1) is 7.11 Å². The van der Waals surface area contributed by atoms with Crippen LogP contribution < -0.4 is 0 Å². The summed E-state index contributed by atoms with van der Waals surface area (Å²) < 4.78 is 9.88. The van der Waals surface area contributed by atoms with Crippen LogP contribution >= 0.6 is 11.8 Å². The number of nitrogens with zero attached hydrogens (tertiary/aromatic N) is 1. The second kappa shape index (κ2) is 6.75. The van der Waals surface area contributed by atoms with Gasteiger partial charge in [0, 0.05) is 11.8 Å². The lowest BCUT2D eigenvalue weighted by molar-refractivity contribution is -0.140. The van der Waals surface area contributed by atoms with Crippen LogP contribution in [0.15, 0.2) is 30.3 Å². The number of carbonyl (C=O) groups is 2. The molecule has 0 saturated carbocycles. The average molecular weight is 258 g/mol. The molecule has 0 aliphatic rings. The number of halogens is 1. The van der Waals surface area contributed by atoms with Gasteiger partial charge in [0.25, 0.3) is 0 Å². The molecule has 0 unspecified atom stereocenters. The molecule has 6 heteroatoms. The van der Waals surface area contributed by atoms with Crippen LogP contribution in [-0.2, 0) is 20.9 Å². The number of ether oxygens (including phenoxy) is 2. The Labute approximate surface area is 104 Å². The van der Waals surface area contributed by atoms with Crippen LogP contribution in [0.4, 0.5) is 4.79 Å². The van der Waals surface area contributed by atoms with Crippen molar-refractivity contribution in [1.29, 1.82) is 0 Å². The molecule has 0 atom stereocenters. The highest BCUT2D eigenvalue weighted by Crippen LogP contribution is 2.04. The Hall–Kier alpha value is -1.75. The molecule has 1 aromatic carbocycles. The van der Waals surface area contributed by atoms with E-state index in [1.54, 1.807) is 0 Å². The first-order valence-electron chi connectivity index (χ1n) is 4.84. The summed E-state index contributed by atoms with van der Waals surface area (Å²) in [6, 6.07) is 9.14. The van der Waals surface area contributed by atoms with Gasteiger partial charge in [-0.1, -0.05) is 30.3 Å². The standard InChI is InChI=1S/C11H12ClNO4/c1-16-10(14)7-13(12)11(15)17-8-9-5-3-2-4-6-9/h2-6H,7-8H2,1H3. The van der Waals surface area contributed by atoms with Gasteiger partial charge in [-0.25, -0.2) is 9.21 Å². The molecule has 17 heavy (non-hydrogen) atoms. The molecule has 0 spiro atoms. The first kappa shape index (κ1) is 13.3. The minimum atomic E-state index is -0.791. The van der Waals surface area contributed by atoms with E-state index >= 15 is 0 Å². The molecule has 92 valence electrons. The minimum absolute atomic E-state index is 0.101. The number of carbonyl (C=O) groups excluding carboxylic acids is 2. The summed E-state index contributed by atoms with van der Waals surface area (Å²) in [4.78, 5) is 22.2. The summed E-state index contributed by atoms with van der Waals surface area (Å²) in [6.45, 7) is -0.254. The van der Waals surface area contributed by atoms with Crippen molar-refractivity contribution in [2.45, 2.75) is 6.61 Å². The van der Waals surface area contributed by atoms with Gasteiger partial charge in [-0.3, -0.25) is 4.79 Å². The lowest BCUT2D eigenvalue weighted by Crippen LogP contribution is -2.28. The molecule has 5 nitrogen and oxygen atoms in total. The summed E-state index contributed by atoms with van der Waals surface area (Å²) >= 11 is 5.53. The Morgan fingerprint density at radius 1 is 1.29 bits per heavy atom. The van der Waals surface area contributed by atoms with E-state index in [2.05, 4.69) is 4.74 Å². The van der Waals surface area contributed by atoms with Crippen LogP contribution in [0.2, 0.25) is 0 Å². The van der Waals surface area contributed by atoms with E-state index < -0.39 is 12.1 Å². The SMILES string of the molecule is COC(=O)CN(Cl)C(=O)OCc1ccccc1. The molecule has 0 aliphatic carbocycles. The topological polar surface area (TPSA) is 55.8 Å². The molecule has 0 N–H and O–H groups in total. The van der Waals surface area contributed by atoms with E-state index in [4.69, 9.17) is 16.5 Å². The number of hydrogen-bond acceptors (Lipinski definition) is 4. The number of benzene rings is 1. The van der Waals surface area contributed by atoms with E-state index in [9.17, 15) is 9.59 Å². The molecular formula is C11H12ClNO4. The lowest BCUT2D eigenvalue weighted by Gasteiger charge is -2.12. The van der Waals surface area contributed by atoms with Crippen LogP contribution in [0, 0.1) is 0 Å². The summed E-state index contributed by atoms with van der Waals surface area (Å²) in [5.74, 6) is -0.614. The van der Waals surface area contributed by atoms with Crippen molar-refractivity contribution in [2.75, 3.05) is 13.7 Å². The van der Waals surface area contributed by atoms with Crippen molar-refractivity contribution in [3.05, 3.63) is 35.9 Å². The van der Waals surface area contributed by atoms with Gasteiger partial charge in [-0.2, -0.15) is 0 Å². The second-order valence-corrected chi connectivity index (χ2v) is 3.54. The van der Waals surface area contributed by atoms with Crippen molar-refractivity contribution in [1.82, 2.24) is 4.42 Å². The maximum Gasteiger partial charge on any atom is 0.425 e. The third-order valence-corrected chi connectivity index (χ3v) is 2.16. The van der Waals surface area contributed by atoms with Gasteiger partial charge in [0.2, 0.25) is 0 Å². The number of methoxy groups -OCH3 is 1. The molecule has 1 aromatic rings. The van der Waals surface area contributed by atoms with Gasteiger partial charge in [0.1, 0.15) is 13.2 Å². The van der Waals surface area contributed by atoms with Crippen molar-refractivity contribution >= 4 is 23.8 Å². The zero-order chi connectivity index (χ0) is 12.7. The summed E-state index contributed by atoms with van der Waals surface area (Å²) in [5, 5.41) is 0. The van der Waals surface area contributed by atoms with Gasteiger partial charge in [0.15, 0.2) is 0 Å². The van der Waals surface area contributed by atoms with Crippen LogP contribution in [-0.4, -0.2) is 30.1 Å². The van der Waals surface area contributed by atoms with Crippen LogP contribution in [0.3, 0.4) is 0 Å². The maximum atomic E-state index is 11.3. The van der Waals surface area contributed by atoms with Crippen LogP contribution in [0.25, 0.3) is 0 Å². The van der Waals surface area contributed by atoms with E-state index in [0.29, 0.717) is 4.42 Å². The van der Waals surface area contributed by atoms with E-state index in [1.165, 1.54) is 7.11 Å². The fourth-order valence-corrected chi connectivity index (χ4v) is 1.18. The fraction of sp³-hybridized carbons (Fsp3) is 0.273. The lowest BCUT2D eigenvalue weighted by atomic mass is 10.2. The van der Waals surface area contributed by atoms with Crippen molar-refractivity contribution < 1.29 is 19.1 Å². The van der Waals surface area contributed by atoms with E-state index in [-0.39, 0.29) is 13.2 Å². The van der Waals surface area contributed by atoms with Crippen LogP contribution in [0.1, 0.15) is 5.56 Å². The Morgan fingerprint density at radius 3 is 2.53 bits per heavy atom. The Morgan fingerprint density at radius 2 is 1.94 bits per heavy atom. The molecular weight excluding hydrogens is 246 g/mol. The maximum absolute atomic E-state index is 11.3. The molecule has 0 fully saturated rings. The van der Waals surface area contributed by atoms with Crippen molar-refractivity contribution in [2.24, 2.45) is 0 Å². The van der Waals surface area contributed by atoms with Gasteiger partial charge in [-0.15, -0.1) is 0 Å². The number of amides is 1. The summed E-state index contributed by atoms with van der Waals surface area (Å²) in [7, 11) is 1.21. The van der Waals surface area contributed by atoms with Crippen LogP contribution in [0.5, 0.6) is 0 Å². The number of esters is 1. The average Bonchev–Trinajstić information content (AvgIpc) is 2.36. The summed E-state index contributed by atoms with van der Waals surface area (Å²) in [5.41, 5.74) is 0.837. The predicted octanol–water partition coefficient (Wildman–Crippen LogP) is 1.95. The third kappa shape index (κ3) is 4.74. The molecule has 0 radical (unpaired) electrons. The van der Waals surface area contributed by atoms with Gasteiger partial charge >= 0.3 is 12.1 Å². The molecule has 0 aliphatic heterocycles. The van der Waals surface area contributed by atoms with E-state index in [1.807, 2.05) is 30.3 Å². The molecule has 0 saturated heterocycles. The quantitative estimate of drug-likeness (QED) is 0.611. The molecule has 0 heterocycles. The van der Waals surface area contributed by atoms with E-state index in [0.717, 1.165) is 5.56 Å². The Balaban J connectivity index is 2.37. The predicted molar refractivity (Wildman–Crippen MR) is 61.2 cm³/mol. The largest absolute Gasteiger partial charge is 0.468 e. The minimum Gasteiger partial charge on any atom is -0.468 e. The molecule has 1 rings (SSSR count). The fourth-order valence-electron chi connectivity index (χ4n) is 1.03. The van der Waals surface area contributed by atoms with Crippen molar-refractivity contribution in [3.8, 4) is 0 Å². The second-order valence-electron chi connectivity index (χ2n) is 3.14. The van der Waals surface area contributed by atoms with Gasteiger partial charge < -0.3 is 9.47 Å². The Bertz CT molecular complexity index is 382. The van der Waals surface area contributed by atoms with Gasteiger partial charge in [-0.05, 0) is 5.56 Å². The molecule has 1 amide bonds. The zero-order valence-electron chi connectivity index (χ0n) is 9.26. The summed E-state index contributed by atoms with van der Waals surface area (Å²) in [6.07, 6.45) is -0.791. The van der Waals surface area contributed by atoms with Crippen molar-refractivity contribution in [3.63, 3.8) is 0 Å². The highest BCUT2D eigenvalue weighted by molar-refractivity contribution is 6.21. The monoisotopic (exact) mass is 257 g/mol. The molecule has 0 aromatic heterocycles. The Kier molecular flexibility index (Phi) is 5.29. The first-order chi connectivity index (χ1) is 8.13. The highest BCUT2D eigenvalue weighted by atomic mass is 35.5. The number of rotatable bonds is 4. The third-order valence-electron chi connectivity index (χ3n) is 1.90. The molecule has 0 bridgehead atoms. The zero-order valence-corrected chi connectivity index (χ0v) is 10.0. The normalized spacial score (nSPS) is 9.53. The smallest absolute Gasteiger partial charge is 0.425 e. The first-order valence-corrected chi connectivity index (χ1v) is 5.18. The number of hydrogen-bond donors (Lipinski definition) is 0.